The number of carbonyl (C=O) groups is 2. The van der Waals surface area contributed by atoms with E-state index >= 15 is 0 Å². The highest BCUT2D eigenvalue weighted by Crippen LogP contribution is 2.24. The van der Waals surface area contributed by atoms with Crippen molar-refractivity contribution in [3.05, 3.63) is 71.7 Å². The summed E-state index contributed by atoms with van der Waals surface area (Å²) in [6.07, 6.45) is 2.22. The number of ether oxygens (including phenoxy) is 1. The molecule has 30 heavy (non-hydrogen) atoms. The number of hydrogen-bond acceptors (Lipinski definition) is 5. The fourth-order valence-electron chi connectivity index (χ4n) is 3.00. The molecule has 1 aromatic heterocycles. The van der Waals surface area contributed by atoms with Crippen LogP contribution in [0.15, 0.2) is 59.1 Å². The molecule has 0 spiro atoms. The van der Waals surface area contributed by atoms with Gasteiger partial charge in [0.1, 0.15) is 0 Å². The lowest BCUT2D eigenvalue weighted by molar-refractivity contribution is -0.116. The van der Waals surface area contributed by atoms with Gasteiger partial charge in [-0.15, -0.1) is 0 Å². The molecule has 0 saturated carbocycles. The van der Waals surface area contributed by atoms with Crippen LogP contribution >= 0.6 is 0 Å². The van der Waals surface area contributed by atoms with E-state index in [4.69, 9.17) is 9.15 Å². The summed E-state index contributed by atoms with van der Waals surface area (Å²) in [7, 11) is 0. The number of benzene rings is 2. The van der Waals surface area contributed by atoms with E-state index in [2.05, 4.69) is 36.3 Å². The van der Waals surface area contributed by atoms with Crippen LogP contribution in [0.2, 0.25) is 0 Å². The lowest BCUT2D eigenvalue weighted by atomic mass is 10.0. The first-order chi connectivity index (χ1) is 14.5. The van der Waals surface area contributed by atoms with Crippen molar-refractivity contribution >= 4 is 17.6 Å². The van der Waals surface area contributed by atoms with Gasteiger partial charge in [0, 0.05) is 18.4 Å². The third-order valence-electron chi connectivity index (χ3n) is 4.68. The van der Waals surface area contributed by atoms with Crippen molar-refractivity contribution in [2.24, 2.45) is 0 Å². The number of aryl methyl sites for hydroxylation is 1. The Morgan fingerprint density at radius 3 is 2.53 bits per heavy atom. The Hall–Kier alpha value is -3.41. The number of esters is 1. The lowest BCUT2D eigenvalue weighted by Gasteiger charge is -2.09. The summed E-state index contributed by atoms with van der Waals surface area (Å²) in [5, 5.41) is 2.77. The van der Waals surface area contributed by atoms with E-state index in [1.54, 1.807) is 37.4 Å². The number of nitrogens with one attached hydrogen (secondary N) is 1. The molecule has 0 bridgehead atoms. The summed E-state index contributed by atoms with van der Waals surface area (Å²) in [4.78, 5) is 28.7. The van der Waals surface area contributed by atoms with E-state index in [-0.39, 0.29) is 18.9 Å². The molecule has 6 heteroatoms. The molecule has 0 unspecified atom stereocenters. The number of amides is 1. The quantitative estimate of drug-likeness (QED) is 0.519. The molecule has 2 aromatic carbocycles. The Kier molecular flexibility index (Phi) is 7.01. The number of aromatic nitrogens is 1. The number of hydrogen-bond donors (Lipinski definition) is 1. The second kappa shape index (κ2) is 9.87. The van der Waals surface area contributed by atoms with E-state index < -0.39 is 5.97 Å². The molecule has 3 rings (SSSR count). The van der Waals surface area contributed by atoms with Gasteiger partial charge in [0.15, 0.2) is 11.7 Å². The Morgan fingerprint density at radius 1 is 1.10 bits per heavy atom. The van der Waals surface area contributed by atoms with Crippen LogP contribution in [0.3, 0.4) is 0 Å². The molecule has 0 atom stereocenters. The number of nitrogens with zero attached hydrogens (tertiary/aromatic N) is 1. The number of para-hydroxylation sites is 1. The minimum Gasteiger partial charge on any atom is -0.462 e. The molecule has 1 N–H and O–H groups in total. The summed E-state index contributed by atoms with van der Waals surface area (Å²) >= 11 is 0. The number of oxazole rings is 1. The predicted molar refractivity (Wildman–Crippen MR) is 115 cm³/mol. The molecule has 6 nitrogen and oxygen atoms in total. The average molecular weight is 406 g/mol. The van der Waals surface area contributed by atoms with Crippen molar-refractivity contribution in [1.29, 1.82) is 0 Å². The molecule has 0 aliphatic rings. The minimum atomic E-state index is -0.464. The molecule has 0 saturated heterocycles. The Bertz CT molecular complexity index is 1010. The van der Waals surface area contributed by atoms with Gasteiger partial charge in [-0.05, 0) is 30.5 Å². The van der Waals surface area contributed by atoms with E-state index in [1.807, 2.05) is 12.1 Å². The van der Waals surface area contributed by atoms with Crippen molar-refractivity contribution < 1.29 is 18.7 Å². The lowest BCUT2D eigenvalue weighted by Crippen LogP contribution is -2.16. The maximum Gasteiger partial charge on any atom is 0.340 e. The molecule has 0 fully saturated rings. The topological polar surface area (TPSA) is 81.4 Å². The van der Waals surface area contributed by atoms with Crippen LogP contribution in [0.25, 0.3) is 11.3 Å². The van der Waals surface area contributed by atoms with Gasteiger partial charge in [-0.3, -0.25) is 4.79 Å². The van der Waals surface area contributed by atoms with Crippen LogP contribution in [0.1, 0.15) is 54.9 Å². The maximum atomic E-state index is 12.4. The van der Waals surface area contributed by atoms with Crippen molar-refractivity contribution in [1.82, 2.24) is 4.98 Å². The zero-order valence-electron chi connectivity index (χ0n) is 17.5. The highest BCUT2D eigenvalue weighted by atomic mass is 16.5. The maximum absolute atomic E-state index is 12.4. The third-order valence-corrected chi connectivity index (χ3v) is 4.68. The van der Waals surface area contributed by atoms with Crippen LogP contribution in [0.4, 0.5) is 5.69 Å². The van der Waals surface area contributed by atoms with Crippen molar-refractivity contribution in [3.63, 3.8) is 0 Å². The van der Waals surface area contributed by atoms with Crippen LogP contribution in [-0.4, -0.2) is 23.5 Å². The van der Waals surface area contributed by atoms with E-state index in [0.717, 1.165) is 5.56 Å². The van der Waals surface area contributed by atoms with E-state index in [0.29, 0.717) is 35.2 Å². The second-order valence-electron chi connectivity index (χ2n) is 7.21. The Balaban J connectivity index is 1.59. The Morgan fingerprint density at radius 2 is 1.83 bits per heavy atom. The van der Waals surface area contributed by atoms with Gasteiger partial charge in [0.2, 0.25) is 5.91 Å². The molecule has 156 valence electrons. The van der Waals surface area contributed by atoms with Gasteiger partial charge in [-0.25, -0.2) is 9.78 Å². The number of rotatable bonds is 8. The summed E-state index contributed by atoms with van der Waals surface area (Å²) in [5.74, 6) is 0.943. The first-order valence-electron chi connectivity index (χ1n) is 10.1. The first-order valence-corrected chi connectivity index (χ1v) is 10.1. The van der Waals surface area contributed by atoms with Crippen molar-refractivity contribution in [2.75, 3.05) is 11.9 Å². The fraction of sp³-hybridized carbons (Fsp3) is 0.292. The van der Waals surface area contributed by atoms with Gasteiger partial charge >= 0.3 is 5.97 Å². The summed E-state index contributed by atoms with van der Waals surface area (Å²) in [6, 6.07) is 15.0. The first kappa shape index (κ1) is 21.3. The Labute approximate surface area is 176 Å². The molecule has 0 aliphatic carbocycles. The van der Waals surface area contributed by atoms with Crippen molar-refractivity contribution in [3.8, 4) is 11.3 Å². The van der Waals surface area contributed by atoms with Gasteiger partial charge in [0.25, 0.3) is 0 Å². The van der Waals surface area contributed by atoms with Gasteiger partial charge in [0.05, 0.1) is 24.1 Å². The number of anilines is 1. The smallest absolute Gasteiger partial charge is 0.340 e. The standard InChI is InChI=1S/C24H26N2O4/c1-4-29-24(28)19-7-5-6-8-20(19)26-22(27)13-14-23-25-15-21(30-23)18-11-9-17(10-12-18)16(2)3/h5-12,15-16H,4,13-14H2,1-3H3,(H,26,27). The summed E-state index contributed by atoms with van der Waals surface area (Å²) in [6.45, 7) is 6.31. The molecular weight excluding hydrogens is 380 g/mol. The molecular formula is C24H26N2O4. The minimum absolute atomic E-state index is 0.184. The van der Waals surface area contributed by atoms with Crippen LogP contribution in [-0.2, 0) is 16.0 Å². The predicted octanol–water partition coefficient (Wildman–Crippen LogP) is 5.21. The van der Waals surface area contributed by atoms with Crippen LogP contribution in [0, 0.1) is 0 Å². The van der Waals surface area contributed by atoms with Gasteiger partial charge < -0.3 is 14.5 Å². The van der Waals surface area contributed by atoms with Gasteiger partial charge in [-0.1, -0.05) is 50.2 Å². The summed E-state index contributed by atoms with van der Waals surface area (Å²) in [5.41, 5.74) is 2.97. The monoisotopic (exact) mass is 406 g/mol. The van der Waals surface area contributed by atoms with E-state index in [9.17, 15) is 9.59 Å². The van der Waals surface area contributed by atoms with Crippen LogP contribution < -0.4 is 5.32 Å². The molecule has 3 aromatic rings. The summed E-state index contributed by atoms with van der Waals surface area (Å²) < 4.78 is 10.8. The van der Waals surface area contributed by atoms with E-state index in [1.165, 1.54) is 5.56 Å². The second-order valence-corrected chi connectivity index (χ2v) is 7.21. The van der Waals surface area contributed by atoms with Crippen LogP contribution in [0.5, 0.6) is 0 Å². The zero-order valence-corrected chi connectivity index (χ0v) is 17.5. The average Bonchev–Trinajstić information content (AvgIpc) is 3.22. The molecule has 1 heterocycles. The SMILES string of the molecule is CCOC(=O)c1ccccc1NC(=O)CCc1ncc(-c2ccc(C(C)C)cc2)o1. The third kappa shape index (κ3) is 5.35. The normalized spacial score (nSPS) is 10.8. The highest BCUT2D eigenvalue weighted by molar-refractivity contribution is 6.01. The molecule has 0 radical (unpaired) electrons. The fourth-order valence-corrected chi connectivity index (χ4v) is 3.00. The van der Waals surface area contributed by atoms with Crippen molar-refractivity contribution in [2.45, 2.75) is 39.5 Å². The zero-order chi connectivity index (χ0) is 21.5. The molecule has 1 amide bonds. The number of carbonyl (C=O) groups excluding carboxylic acids is 2. The van der Waals surface area contributed by atoms with Gasteiger partial charge in [-0.2, -0.15) is 0 Å². The molecule has 0 aliphatic heterocycles. The highest BCUT2D eigenvalue weighted by Gasteiger charge is 2.15. The largest absolute Gasteiger partial charge is 0.462 e.